The summed E-state index contributed by atoms with van der Waals surface area (Å²) < 4.78 is 0. The van der Waals surface area contributed by atoms with Crippen molar-refractivity contribution in [2.24, 2.45) is 5.92 Å². The van der Waals surface area contributed by atoms with Gasteiger partial charge in [0.25, 0.3) is 0 Å². The Kier molecular flexibility index (Phi) is 5.19. The highest BCUT2D eigenvalue weighted by atomic mass is 16.2. The minimum atomic E-state index is 0.153. The smallest absolute Gasteiger partial charge is 0.317 e. The van der Waals surface area contributed by atoms with Crippen molar-refractivity contribution in [3.63, 3.8) is 0 Å². The molecule has 3 fully saturated rings. The van der Waals surface area contributed by atoms with Crippen LogP contribution < -0.4 is 5.32 Å². The van der Waals surface area contributed by atoms with Crippen molar-refractivity contribution < 1.29 is 4.79 Å². The number of nitrogens with one attached hydrogen (secondary N) is 1. The third-order valence-corrected chi connectivity index (χ3v) is 7.46. The Morgan fingerprint density at radius 1 is 1.11 bits per heavy atom. The minimum absolute atomic E-state index is 0.153. The number of urea groups is 1. The van der Waals surface area contributed by atoms with Crippen LogP contribution in [0, 0.1) is 5.92 Å². The maximum atomic E-state index is 12.3. The van der Waals surface area contributed by atoms with Crippen LogP contribution in [-0.2, 0) is 5.41 Å². The van der Waals surface area contributed by atoms with Crippen molar-refractivity contribution in [3.8, 4) is 0 Å². The number of piperidine rings is 2. The predicted octanol–water partition coefficient (Wildman–Crippen LogP) is 4.01. The zero-order chi connectivity index (χ0) is 18.9. The Hall–Kier alpha value is -1.55. The van der Waals surface area contributed by atoms with E-state index >= 15 is 0 Å². The van der Waals surface area contributed by atoms with Crippen LogP contribution in [0.25, 0.3) is 0 Å². The molecule has 1 aromatic carbocycles. The summed E-state index contributed by atoms with van der Waals surface area (Å²) in [5.74, 6) is 0.610. The largest absolute Gasteiger partial charge is 0.338 e. The Morgan fingerprint density at radius 2 is 1.85 bits per heavy atom. The fourth-order valence-corrected chi connectivity index (χ4v) is 5.55. The molecule has 0 aromatic heterocycles. The van der Waals surface area contributed by atoms with E-state index in [-0.39, 0.29) is 17.0 Å². The molecule has 3 atom stereocenters. The maximum Gasteiger partial charge on any atom is 0.317 e. The second-order valence-electron chi connectivity index (χ2n) is 9.58. The van der Waals surface area contributed by atoms with E-state index in [1.807, 2.05) is 4.90 Å². The van der Waals surface area contributed by atoms with Gasteiger partial charge in [-0.1, -0.05) is 37.3 Å². The summed E-state index contributed by atoms with van der Waals surface area (Å²) in [5, 5.41) is 3.22. The Labute approximate surface area is 164 Å². The standard InChI is InChI=1S/C23H35N3O/c1-22(20-8-4-3-5-9-20)11-12-23(2)16-19(10-15-26(23)18-22)17-24-21(27)25-13-6-7-14-25/h3-5,8-9,19H,6-7,10-18H2,1-2H3,(H,24,27). The molecule has 27 heavy (non-hydrogen) atoms. The third kappa shape index (κ3) is 3.87. The first-order valence-electron chi connectivity index (χ1n) is 10.8. The van der Waals surface area contributed by atoms with Gasteiger partial charge in [-0.3, -0.25) is 4.90 Å². The molecule has 0 aliphatic carbocycles. The number of carbonyl (C=O) groups is 1. The number of nitrogens with zero attached hydrogens (tertiary/aromatic N) is 2. The van der Waals surface area contributed by atoms with Gasteiger partial charge in [0.2, 0.25) is 0 Å². The van der Waals surface area contributed by atoms with E-state index in [2.05, 4.69) is 54.4 Å². The molecular formula is C23H35N3O. The van der Waals surface area contributed by atoms with E-state index in [1.165, 1.54) is 31.2 Å². The van der Waals surface area contributed by atoms with E-state index < -0.39 is 0 Å². The van der Waals surface area contributed by atoms with Crippen molar-refractivity contribution in [3.05, 3.63) is 35.9 Å². The second kappa shape index (κ2) is 7.46. The molecule has 3 saturated heterocycles. The molecule has 3 aliphatic heterocycles. The fourth-order valence-electron chi connectivity index (χ4n) is 5.55. The normalized spacial score (nSPS) is 34.3. The molecule has 2 amide bonds. The quantitative estimate of drug-likeness (QED) is 0.874. The number of amides is 2. The van der Waals surface area contributed by atoms with Crippen LogP contribution in [0.2, 0.25) is 0 Å². The number of rotatable bonds is 3. The SMILES string of the molecule is CC1(c2ccccc2)CCC2(C)CC(CNC(=O)N3CCCC3)CCN2C1. The summed E-state index contributed by atoms with van der Waals surface area (Å²) in [6.45, 7) is 9.90. The molecule has 0 saturated carbocycles. The van der Waals surface area contributed by atoms with Gasteiger partial charge < -0.3 is 10.2 Å². The number of hydrogen-bond donors (Lipinski definition) is 1. The summed E-state index contributed by atoms with van der Waals surface area (Å²) in [6, 6.07) is 11.2. The van der Waals surface area contributed by atoms with Crippen LogP contribution in [0.1, 0.15) is 57.9 Å². The van der Waals surface area contributed by atoms with Crippen LogP contribution in [0.15, 0.2) is 30.3 Å². The van der Waals surface area contributed by atoms with Gasteiger partial charge in [-0.15, -0.1) is 0 Å². The molecule has 4 nitrogen and oxygen atoms in total. The molecular weight excluding hydrogens is 334 g/mol. The molecule has 0 radical (unpaired) electrons. The number of carbonyl (C=O) groups excluding carboxylic acids is 1. The summed E-state index contributed by atoms with van der Waals surface area (Å²) in [5.41, 5.74) is 2.03. The fraction of sp³-hybridized carbons (Fsp3) is 0.696. The molecule has 1 N–H and O–H groups in total. The van der Waals surface area contributed by atoms with E-state index in [1.54, 1.807) is 0 Å². The molecule has 3 heterocycles. The van der Waals surface area contributed by atoms with Gasteiger partial charge in [0.05, 0.1) is 0 Å². The first-order valence-corrected chi connectivity index (χ1v) is 10.8. The highest BCUT2D eigenvalue weighted by molar-refractivity contribution is 5.74. The van der Waals surface area contributed by atoms with E-state index in [9.17, 15) is 4.79 Å². The maximum absolute atomic E-state index is 12.3. The van der Waals surface area contributed by atoms with Gasteiger partial charge in [-0.05, 0) is 63.5 Å². The third-order valence-electron chi connectivity index (χ3n) is 7.46. The molecule has 4 heteroatoms. The highest BCUT2D eigenvalue weighted by Crippen LogP contribution is 2.45. The number of hydrogen-bond acceptors (Lipinski definition) is 2. The van der Waals surface area contributed by atoms with Crippen LogP contribution in [0.5, 0.6) is 0 Å². The van der Waals surface area contributed by atoms with Gasteiger partial charge in [0, 0.05) is 37.1 Å². The van der Waals surface area contributed by atoms with Crippen molar-refractivity contribution in [2.45, 2.75) is 63.3 Å². The summed E-state index contributed by atoms with van der Waals surface area (Å²) in [7, 11) is 0. The number of benzene rings is 1. The minimum Gasteiger partial charge on any atom is -0.338 e. The van der Waals surface area contributed by atoms with Crippen molar-refractivity contribution in [1.29, 1.82) is 0 Å². The Balaban J connectivity index is 1.34. The average molecular weight is 370 g/mol. The van der Waals surface area contributed by atoms with Crippen molar-refractivity contribution in [2.75, 3.05) is 32.7 Å². The molecule has 0 spiro atoms. The van der Waals surface area contributed by atoms with Crippen LogP contribution in [-0.4, -0.2) is 54.1 Å². The van der Waals surface area contributed by atoms with E-state index in [0.29, 0.717) is 5.92 Å². The summed E-state index contributed by atoms with van der Waals surface area (Å²) in [6.07, 6.45) is 7.21. The molecule has 3 aliphatic rings. The zero-order valence-corrected chi connectivity index (χ0v) is 17.0. The summed E-state index contributed by atoms with van der Waals surface area (Å²) in [4.78, 5) is 17.0. The van der Waals surface area contributed by atoms with Crippen LogP contribution in [0.4, 0.5) is 4.79 Å². The lowest BCUT2D eigenvalue weighted by molar-refractivity contribution is -0.0256. The van der Waals surface area contributed by atoms with Crippen LogP contribution in [0.3, 0.4) is 0 Å². The van der Waals surface area contributed by atoms with Gasteiger partial charge in [0.1, 0.15) is 0 Å². The molecule has 0 bridgehead atoms. The number of fused-ring (bicyclic) bond motifs is 1. The van der Waals surface area contributed by atoms with Crippen LogP contribution >= 0.6 is 0 Å². The number of likely N-dealkylation sites (tertiary alicyclic amines) is 1. The molecule has 148 valence electrons. The van der Waals surface area contributed by atoms with Gasteiger partial charge >= 0.3 is 6.03 Å². The lowest BCUT2D eigenvalue weighted by Crippen LogP contribution is -2.60. The Morgan fingerprint density at radius 3 is 2.59 bits per heavy atom. The Bertz CT molecular complexity index is 657. The predicted molar refractivity (Wildman–Crippen MR) is 110 cm³/mol. The van der Waals surface area contributed by atoms with Gasteiger partial charge in [-0.25, -0.2) is 4.79 Å². The van der Waals surface area contributed by atoms with Crippen molar-refractivity contribution in [1.82, 2.24) is 15.1 Å². The zero-order valence-electron chi connectivity index (χ0n) is 17.0. The molecule has 1 aromatic rings. The molecule has 4 rings (SSSR count). The van der Waals surface area contributed by atoms with E-state index in [0.717, 1.165) is 45.6 Å². The van der Waals surface area contributed by atoms with Crippen molar-refractivity contribution >= 4 is 6.03 Å². The van der Waals surface area contributed by atoms with Gasteiger partial charge in [-0.2, -0.15) is 0 Å². The lowest BCUT2D eigenvalue weighted by atomic mass is 9.67. The lowest BCUT2D eigenvalue weighted by Gasteiger charge is -2.56. The molecule has 3 unspecified atom stereocenters. The highest BCUT2D eigenvalue weighted by Gasteiger charge is 2.46. The first kappa shape index (κ1) is 18.8. The topological polar surface area (TPSA) is 35.6 Å². The van der Waals surface area contributed by atoms with Gasteiger partial charge in [0.15, 0.2) is 0 Å². The first-order chi connectivity index (χ1) is 13.0. The monoisotopic (exact) mass is 369 g/mol. The second-order valence-corrected chi connectivity index (χ2v) is 9.58. The van der Waals surface area contributed by atoms with E-state index in [4.69, 9.17) is 0 Å². The average Bonchev–Trinajstić information content (AvgIpc) is 3.22. The summed E-state index contributed by atoms with van der Waals surface area (Å²) >= 11 is 0.